The largest absolute Gasteiger partial charge is 0.481 e. The molecule has 0 radical (unpaired) electrons. The summed E-state index contributed by atoms with van der Waals surface area (Å²) in [7, 11) is 3.90. The molecule has 0 aromatic heterocycles. The van der Waals surface area contributed by atoms with Gasteiger partial charge in [0.1, 0.15) is 0 Å². The van der Waals surface area contributed by atoms with Crippen molar-refractivity contribution in [1.29, 1.82) is 0 Å². The van der Waals surface area contributed by atoms with Gasteiger partial charge in [-0.25, -0.2) is 0 Å². The Hall–Kier alpha value is -1.55. The molecular formula is C11H16N2O2. The Morgan fingerprint density at radius 1 is 1.47 bits per heavy atom. The third-order valence-corrected chi connectivity index (χ3v) is 2.05. The number of carbonyl (C=O) groups is 1. The molecule has 0 unspecified atom stereocenters. The van der Waals surface area contributed by atoms with E-state index in [9.17, 15) is 4.79 Å². The van der Waals surface area contributed by atoms with Crippen LogP contribution in [0, 0.1) is 0 Å². The standard InChI is InChI=1S/C11H16N2O2/c1-13(2)7-9-5-8(6-11(14)15)3-4-10(9)12/h3-5H,6-7,12H2,1-2H3,(H,14,15). The molecule has 0 spiro atoms. The molecule has 82 valence electrons. The molecule has 0 amide bonds. The van der Waals surface area contributed by atoms with E-state index in [4.69, 9.17) is 10.8 Å². The fourth-order valence-corrected chi connectivity index (χ4v) is 1.42. The quantitative estimate of drug-likeness (QED) is 0.723. The van der Waals surface area contributed by atoms with Crippen molar-refractivity contribution in [3.8, 4) is 0 Å². The van der Waals surface area contributed by atoms with Gasteiger partial charge in [0.2, 0.25) is 0 Å². The van der Waals surface area contributed by atoms with Gasteiger partial charge in [-0.1, -0.05) is 12.1 Å². The molecule has 0 aliphatic carbocycles. The molecule has 4 nitrogen and oxygen atoms in total. The molecule has 3 N–H and O–H groups in total. The van der Waals surface area contributed by atoms with Crippen LogP contribution >= 0.6 is 0 Å². The first-order valence-corrected chi connectivity index (χ1v) is 4.73. The van der Waals surface area contributed by atoms with E-state index in [1.807, 2.05) is 25.1 Å². The van der Waals surface area contributed by atoms with E-state index in [1.54, 1.807) is 12.1 Å². The topological polar surface area (TPSA) is 66.6 Å². The highest BCUT2D eigenvalue weighted by Crippen LogP contribution is 2.16. The summed E-state index contributed by atoms with van der Waals surface area (Å²) in [5.41, 5.74) is 8.26. The van der Waals surface area contributed by atoms with Gasteiger partial charge in [0.25, 0.3) is 0 Å². The summed E-state index contributed by atoms with van der Waals surface area (Å²) < 4.78 is 0. The lowest BCUT2D eigenvalue weighted by atomic mass is 10.1. The van der Waals surface area contributed by atoms with Crippen LogP contribution in [-0.4, -0.2) is 30.1 Å². The highest BCUT2D eigenvalue weighted by atomic mass is 16.4. The third kappa shape index (κ3) is 3.59. The van der Waals surface area contributed by atoms with E-state index in [2.05, 4.69) is 0 Å². The number of nitrogens with two attached hydrogens (primary N) is 1. The van der Waals surface area contributed by atoms with Gasteiger partial charge in [-0.3, -0.25) is 4.79 Å². The van der Waals surface area contributed by atoms with Crippen molar-refractivity contribution in [2.24, 2.45) is 0 Å². The number of carboxylic acid groups (broad SMARTS) is 1. The van der Waals surface area contributed by atoms with Crippen LogP contribution in [-0.2, 0) is 17.8 Å². The number of hydrogen-bond donors (Lipinski definition) is 2. The van der Waals surface area contributed by atoms with Gasteiger partial charge in [-0.05, 0) is 31.3 Å². The summed E-state index contributed by atoms with van der Waals surface area (Å²) in [6, 6.07) is 5.36. The lowest BCUT2D eigenvalue weighted by Gasteiger charge is -2.12. The summed E-state index contributed by atoms with van der Waals surface area (Å²) in [5, 5.41) is 8.67. The zero-order valence-corrected chi connectivity index (χ0v) is 9.03. The Balaban J connectivity index is 2.89. The first-order chi connectivity index (χ1) is 6.99. The van der Waals surface area contributed by atoms with Crippen LogP contribution in [0.5, 0.6) is 0 Å². The molecular weight excluding hydrogens is 192 g/mol. The van der Waals surface area contributed by atoms with Crippen molar-refractivity contribution >= 4 is 11.7 Å². The minimum Gasteiger partial charge on any atom is -0.481 e. The van der Waals surface area contributed by atoms with Gasteiger partial charge in [0.15, 0.2) is 0 Å². The minimum atomic E-state index is -0.824. The van der Waals surface area contributed by atoms with E-state index in [0.717, 1.165) is 17.7 Å². The van der Waals surface area contributed by atoms with Crippen molar-refractivity contribution < 1.29 is 9.90 Å². The lowest BCUT2D eigenvalue weighted by molar-refractivity contribution is -0.136. The van der Waals surface area contributed by atoms with Crippen molar-refractivity contribution in [2.45, 2.75) is 13.0 Å². The molecule has 1 aromatic rings. The third-order valence-electron chi connectivity index (χ3n) is 2.05. The van der Waals surface area contributed by atoms with Crippen LogP contribution in [0.3, 0.4) is 0 Å². The summed E-state index contributed by atoms with van der Waals surface area (Å²) in [4.78, 5) is 12.5. The van der Waals surface area contributed by atoms with Gasteiger partial charge in [-0.15, -0.1) is 0 Å². The van der Waals surface area contributed by atoms with Crippen LogP contribution < -0.4 is 5.73 Å². The Kier molecular flexibility index (Phi) is 3.68. The average Bonchev–Trinajstić information content (AvgIpc) is 2.09. The second-order valence-corrected chi connectivity index (χ2v) is 3.84. The molecule has 15 heavy (non-hydrogen) atoms. The molecule has 0 saturated carbocycles. The van der Waals surface area contributed by atoms with Crippen molar-refractivity contribution in [1.82, 2.24) is 4.90 Å². The molecule has 4 heteroatoms. The number of carboxylic acids is 1. The van der Waals surface area contributed by atoms with E-state index in [-0.39, 0.29) is 6.42 Å². The van der Waals surface area contributed by atoms with Crippen molar-refractivity contribution in [2.75, 3.05) is 19.8 Å². The van der Waals surface area contributed by atoms with E-state index >= 15 is 0 Å². The van der Waals surface area contributed by atoms with E-state index in [1.165, 1.54) is 0 Å². The molecule has 1 rings (SSSR count). The maximum Gasteiger partial charge on any atom is 0.307 e. The highest BCUT2D eigenvalue weighted by molar-refractivity contribution is 5.70. The summed E-state index contributed by atoms with van der Waals surface area (Å²) in [5.74, 6) is -0.824. The average molecular weight is 208 g/mol. The predicted molar refractivity (Wildman–Crippen MR) is 59.6 cm³/mol. The molecule has 0 aliphatic rings. The fourth-order valence-electron chi connectivity index (χ4n) is 1.42. The second kappa shape index (κ2) is 4.79. The molecule has 0 bridgehead atoms. The van der Waals surface area contributed by atoms with E-state index in [0.29, 0.717) is 5.69 Å². The molecule has 1 aromatic carbocycles. The van der Waals surface area contributed by atoms with Crippen LogP contribution in [0.15, 0.2) is 18.2 Å². The monoisotopic (exact) mass is 208 g/mol. The highest BCUT2D eigenvalue weighted by Gasteiger charge is 2.05. The first-order valence-electron chi connectivity index (χ1n) is 4.73. The molecule has 0 heterocycles. The van der Waals surface area contributed by atoms with E-state index < -0.39 is 5.97 Å². The molecule has 0 atom stereocenters. The zero-order valence-electron chi connectivity index (χ0n) is 9.03. The SMILES string of the molecule is CN(C)Cc1cc(CC(=O)O)ccc1N. The number of benzene rings is 1. The van der Waals surface area contributed by atoms with Crippen LogP contribution in [0.4, 0.5) is 5.69 Å². The Morgan fingerprint density at radius 2 is 2.13 bits per heavy atom. The lowest BCUT2D eigenvalue weighted by Crippen LogP contribution is -2.13. The number of aliphatic carboxylic acids is 1. The number of anilines is 1. The Morgan fingerprint density at radius 3 is 2.67 bits per heavy atom. The normalized spacial score (nSPS) is 10.6. The van der Waals surface area contributed by atoms with Crippen LogP contribution in [0.1, 0.15) is 11.1 Å². The summed E-state index contributed by atoms with van der Waals surface area (Å²) in [6.07, 6.45) is 0.0424. The zero-order chi connectivity index (χ0) is 11.4. The fraction of sp³-hybridized carbons (Fsp3) is 0.364. The smallest absolute Gasteiger partial charge is 0.307 e. The minimum absolute atomic E-state index is 0.0424. The number of hydrogen-bond acceptors (Lipinski definition) is 3. The van der Waals surface area contributed by atoms with Crippen LogP contribution in [0.2, 0.25) is 0 Å². The first kappa shape index (κ1) is 11.5. The van der Waals surface area contributed by atoms with Gasteiger partial charge < -0.3 is 15.7 Å². The summed E-state index contributed by atoms with van der Waals surface area (Å²) >= 11 is 0. The van der Waals surface area contributed by atoms with Gasteiger partial charge in [-0.2, -0.15) is 0 Å². The Bertz CT molecular complexity index is 362. The molecule has 0 fully saturated rings. The number of nitrogen functional groups attached to an aromatic ring is 1. The number of nitrogens with zero attached hydrogens (tertiary/aromatic N) is 1. The maximum absolute atomic E-state index is 10.5. The van der Waals surface area contributed by atoms with Crippen molar-refractivity contribution in [3.63, 3.8) is 0 Å². The van der Waals surface area contributed by atoms with Crippen molar-refractivity contribution in [3.05, 3.63) is 29.3 Å². The predicted octanol–water partition coefficient (Wildman–Crippen LogP) is 0.958. The number of rotatable bonds is 4. The van der Waals surface area contributed by atoms with Gasteiger partial charge in [0, 0.05) is 12.2 Å². The maximum atomic E-state index is 10.5. The molecule has 0 aliphatic heterocycles. The van der Waals surface area contributed by atoms with Gasteiger partial charge >= 0.3 is 5.97 Å². The summed E-state index contributed by atoms with van der Waals surface area (Å²) in [6.45, 7) is 0.722. The Labute approximate surface area is 89.3 Å². The second-order valence-electron chi connectivity index (χ2n) is 3.84. The molecule has 0 saturated heterocycles. The van der Waals surface area contributed by atoms with Crippen LogP contribution in [0.25, 0.3) is 0 Å². The van der Waals surface area contributed by atoms with Gasteiger partial charge in [0.05, 0.1) is 6.42 Å².